The second kappa shape index (κ2) is 22.8. The summed E-state index contributed by atoms with van der Waals surface area (Å²) in [7, 11) is -3.65. The number of ether oxygens (including phenoxy) is 8. The van der Waals surface area contributed by atoms with Gasteiger partial charge in [0.05, 0.1) is 56.0 Å². The predicted molar refractivity (Wildman–Crippen MR) is 198 cm³/mol. The molecule has 3 saturated heterocycles. The molecule has 0 saturated carbocycles. The van der Waals surface area contributed by atoms with Crippen LogP contribution in [-0.4, -0.2) is 167 Å². The minimum atomic E-state index is -3.65. The Labute approximate surface area is 326 Å². The third kappa shape index (κ3) is 14.4. The minimum Gasteiger partial charge on any atom is -0.394 e. The van der Waals surface area contributed by atoms with Crippen LogP contribution in [0.25, 0.3) is 0 Å². The van der Waals surface area contributed by atoms with Gasteiger partial charge in [-0.15, -0.1) is 0 Å². The summed E-state index contributed by atoms with van der Waals surface area (Å²) in [4.78, 5) is 9.80. The maximum absolute atomic E-state index is 12.0. The third-order valence-corrected chi connectivity index (χ3v) is 12.3. The zero-order chi connectivity index (χ0) is 41.1. The Morgan fingerprint density at radius 1 is 0.636 bits per heavy atom. The van der Waals surface area contributed by atoms with Gasteiger partial charge in [0.15, 0.2) is 18.9 Å². The summed E-state index contributed by atoms with van der Waals surface area (Å²) >= 11 is 0. The molecule has 18 heteroatoms. The fraction of sp³-hybridized carbons (Fsp3) is 1.00. The van der Waals surface area contributed by atoms with Crippen molar-refractivity contribution in [3.05, 3.63) is 0 Å². The summed E-state index contributed by atoms with van der Waals surface area (Å²) in [5, 5.41) is 64.4. The van der Waals surface area contributed by atoms with E-state index in [2.05, 4.69) is 0 Å². The molecule has 17 nitrogen and oxygen atoms in total. The minimum absolute atomic E-state index is 0.0898. The Balaban J connectivity index is 1.60. The molecule has 0 aliphatic carbocycles. The van der Waals surface area contributed by atoms with Gasteiger partial charge in [0, 0.05) is 37.6 Å². The highest BCUT2D eigenvalue weighted by Crippen LogP contribution is 2.47. The van der Waals surface area contributed by atoms with Crippen LogP contribution in [0.3, 0.4) is 0 Å². The van der Waals surface area contributed by atoms with E-state index in [9.17, 15) is 40.1 Å². The van der Waals surface area contributed by atoms with Gasteiger partial charge in [-0.25, -0.2) is 0 Å². The smallest absolute Gasteiger partial charge is 0.330 e. The van der Waals surface area contributed by atoms with E-state index in [1.807, 2.05) is 20.8 Å². The van der Waals surface area contributed by atoms with Crippen molar-refractivity contribution in [2.75, 3.05) is 46.2 Å². The van der Waals surface area contributed by atoms with E-state index in [4.69, 9.17) is 42.4 Å². The largest absolute Gasteiger partial charge is 0.394 e. The molecule has 3 heterocycles. The van der Waals surface area contributed by atoms with E-state index in [1.165, 1.54) is 0 Å². The highest BCUT2D eigenvalue weighted by molar-refractivity contribution is 7.53. The molecule has 0 amide bonds. The topological polar surface area (TPSA) is 242 Å². The van der Waals surface area contributed by atoms with Crippen molar-refractivity contribution in [3.8, 4) is 0 Å². The van der Waals surface area contributed by atoms with Crippen LogP contribution in [0, 0.1) is 17.8 Å². The van der Waals surface area contributed by atoms with Gasteiger partial charge in [-0.1, -0.05) is 34.6 Å². The lowest BCUT2D eigenvalue weighted by molar-refractivity contribution is -0.364. The van der Waals surface area contributed by atoms with Crippen molar-refractivity contribution in [2.24, 2.45) is 17.8 Å². The summed E-state index contributed by atoms with van der Waals surface area (Å²) in [6.45, 7) is 14.6. The van der Waals surface area contributed by atoms with Crippen LogP contribution in [-0.2, 0) is 47.0 Å². The van der Waals surface area contributed by atoms with Crippen LogP contribution < -0.4 is 0 Å². The molecular weight excluding hydrogens is 747 g/mol. The first-order valence-corrected chi connectivity index (χ1v) is 21.5. The van der Waals surface area contributed by atoms with Gasteiger partial charge in [-0.05, 0) is 52.9 Å². The van der Waals surface area contributed by atoms with E-state index < -0.39 is 118 Å². The maximum atomic E-state index is 12.0. The van der Waals surface area contributed by atoms with Gasteiger partial charge >= 0.3 is 7.60 Å². The number of unbranched alkanes of at least 4 members (excludes halogenated alkanes) is 3. The highest BCUT2D eigenvalue weighted by Gasteiger charge is 2.52. The van der Waals surface area contributed by atoms with Crippen molar-refractivity contribution >= 4 is 7.60 Å². The number of aliphatic hydroxyl groups is 6. The first-order valence-electron chi connectivity index (χ1n) is 19.8. The van der Waals surface area contributed by atoms with Crippen molar-refractivity contribution in [1.82, 2.24) is 0 Å². The lowest BCUT2D eigenvalue weighted by Crippen LogP contribution is -2.63. The Kier molecular flexibility index (Phi) is 20.3. The summed E-state index contributed by atoms with van der Waals surface area (Å²) in [5.74, 6) is -1.96. The van der Waals surface area contributed by atoms with Gasteiger partial charge in [-0.2, -0.15) is 0 Å². The molecule has 0 radical (unpaired) electrons. The molecule has 0 spiro atoms. The molecule has 3 aliphatic rings. The maximum Gasteiger partial charge on any atom is 0.330 e. The van der Waals surface area contributed by atoms with Crippen molar-refractivity contribution in [2.45, 2.75) is 173 Å². The fourth-order valence-electron chi connectivity index (χ4n) is 6.65. The van der Waals surface area contributed by atoms with Crippen LogP contribution in [0.15, 0.2) is 0 Å². The van der Waals surface area contributed by atoms with Gasteiger partial charge in [0.1, 0.15) is 36.6 Å². The molecule has 0 bridgehead atoms. The fourth-order valence-corrected chi connectivity index (χ4v) is 7.34. The number of hydrogen-bond acceptors (Lipinski definition) is 16. The van der Waals surface area contributed by atoms with Crippen LogP contribution in [0.5, 0.6) is 0 Å². The van der Waals surface area contributed by atoms with Crippen LogP contribution in [0.4, 0.5) is 0 Å². The SMILES string of the molecule is CC1C(OC2C(C)C(OC3C(C)C(OCCCCCOC(C)(C)C)OC(CO)C3O)OC(CO)C2O)OC(COCCCCOP(=O)(O)C(C)C)C(O)C1O. The standard InChI is InChI=1S/C37H71O17P/c1-21(2)55(44,45)49-17-13-12-14-46-20-27-29(41)28(40)22(3)35(52-27)53-33-24(5)36(51-26(19-39)31(33)43)54-32-23(4)34(50-25(18-38)30(32)42)47-15-10-9-11-16-48-37(6,7)8/h21-36,38-43H,9-20H2,1-8H3,(H,44,45). The van der Waals surface area contributed by atoms with Gasteiger partial charge in [0.2, 0.25) is 0 Å². The molecule has 3 aliphatic heterocycles. The highest BCUT2D eigenvalue weighted by atomic mass is 31.2. The molecule has 3 fully saturated rings. The number of aliphatic hydroxyl groups excluding tert-OH is 6. The molecule has 326 valence electrons. The van der Waals surface area contributed by atoms with E-state index in [0.29, 0.717) is 26.1 Å². The van der Waals surface area contributed by atoms with Crippen molar-refractivity contribution < 1.29 is 82.5 Å². The second-order valence-corrected chi connectivity index (χ2v) is 18.8. The average Bonchev–Trinajstić information content (AvgIpc) is 3.12. The first kappa shape index (κ1) is 49.0. The Bertz CT molecular complexity index is 1130. The molecule has 3 rings (SSSR count). The van der Waals surface area contributed by atoms with E-state index in [-0.39, 0.29) is 25.4 Å². The monoisotopic (exact) mass is 818 g/mol. The van der Waals surface area contributed by atoms with E-state index >= 15 is 0 Å². The van der Waals surface area contributed by atoms with Crippen LogP contribution in [0.1, 0.15) is 87.5 Å². The number of rotatable bonds is 22. The van der Waals surface area contributed by atoms with Crippen molar-refractivity contribution in [1.29, 1.82) is 0 Å². The summed E-state index contributed by atoms with van der Waals surface area (Å²) in [5.41, 5.74) is -0.702. The predicted octanol–water partition coefficient (Wildman–Crippen LogP) is 1.68. The summed E-state index contributed by atoms with van der Waals surface area (Å²) in [6, 6.07) is 0. The van der Waals surface area contributed by atoms with Gasteiger partial charge in [0.25, 0.3) is 0 Å². The Morgan fingerprint density at radius 2 is 1.13 bits per heavy atom. The summed E-state index contributed by atoms with van der Waals surface area (Å²) in [6.07, 6.45) is -9.80. The Morgan fingerprint density at radius 3 is 1.69 bits per heavy atom. The van der Waals surface area contributed by atoms with E-state index in [1.54, 1.807) is 34.6 Å². The van der Waals surface area contributed by atoms with Gasteiger partial charge < -0.3 is 78.0 Å². The molecular formula is C37H71O17P. The zero-order valence-corrected chi connectivity index (χ0v) is 34.8. The molecule has 0 aromatic rings. The molecule has 16 atom stereocenters. The lowest BCUT2D eigenvalue weighted by Gasteiger charge is -2.49. The normalized spacial score (nSPS) is 38.7. The molecule has 0 aromatic heterocycles. The van der Waals surface area contributed by atoms with Crippen LogP contribution >= 0.6 is 7.60 Å². The second-order valence-electron chi connectivity index (χ2n) is 16.4. The average molecular weight is 819 g/mol. The molecule has 0 aromatic carbocycles. The molecule has 7 N–H and O–H groups in total. The quantitative estimate of drug-likeness (QED) is 0.0607. The lowest BCUT2D eigenvalue weighted by atomic mass is 9.89. The summed E-state index contributed by atoms with van der Waals surface area (Å²) < 4.78 is 65.3. The third-order valence-electron chi connectivity index (χ3n) is 10.4. The van der Waals surface area contributed by atoms with E-state index in [0.717, 1.165) is 19.3 Å². The van der Waals surface area contributed by atoms with Gasteiger partial charge in [-0.3, -0.25) is 4.57 Å². The first-order chi connectivity index (χ1) is 25.8. The zero-order valence-electron chi connectivity index (χ0n) is 33.9. The van der Waals surface area contributed by atoms with Crippen molar-refractivity contribution in [3.63, 3.8) is 0 Å². The number of hydrogen-bond donors (Lipinski definition) is 7. The Hall–Kier alpha value is -0.410. The van der Waals surface area contributed by atoms with Crippen LogP contribution in [0.2, 0.25) is 0 Å². The molecule has 16 unspecified atom stereocenters. The molecule has 55 heavy (non-hydrogen) atoms.